The van der Waals surface area contributed by atoms with Gasteiger partial charge in [-0.05, 0) is 42.5 Å². The minimum Gasteiger partial charge on any atom is -0.497 e. The van der Waals surface area contributed by atoms with Gasteiger partial charge in [0.1, 0.15) is 11.5 Å². The van der Waals surface area contributed by atoms with Gasteiger partial charge in [0.2, 0.25) is 10.0 Å². The molecule has 2 aromatic carbocycles. The summed E-state index contributed by atoms with van der Waals surface area (Å²) in [5.41, 5.74) is 1.27. The molecule has 0 unspecified atom stereocenters. The summed E-state index contributed by atoms with van der Waals surface area (Å²) in [5, 5.41) is 0. The van der Waals surface area contributed by atoms with Crippen LogP contribution in [0, 0.1) is 0 Å². The summed E-state index contributed by atoms with van der Waals surface area (Å²) in [6.45, 7) is 3.70. The second-order valence-corrected chi connectivity index (χ2v) is 9.79. The van der Waals surface area contributed by atoms with E-state index in [4.69, 9.17) is 14.2 Å². The van der Waals surface area contributed by atoms with E-state index in [0.717, 1.165) is 11.4 Å². The van der Waals surface area contributed by atoms with Gasteiger partial charge >= 0.3 is 0 Å². The van der Waals surface area contributed by atoms with Crippen LogP contribution in [-0.2, 0) is 14.8 Å². The van der Waals surface area contributed by atoms with Crippen LogP contribution in [0.4, 0.5) is 5.69 Å². The molecule has 4 rings (SSSR count). The highest BCUT2D eigenvalue weighted by Gasteiger charge is 2.31. The number of morpholine rings is 1. The lowest BCUT2D eigenvalue weighted by Crippen LogP contribution is -2.48. The third-order valence-electron chi connectivity index (χ3n) is 6.01. The van der Waals surface area contributed by atoms with Crippen LogP contribution in [0.3, 0.4) is 0 Å². The van der Waals surface area contributed by atoms with E-state index in [0.29, 0.717) is 58.2 Å². The van der Waals surface area contributed by atoms with E-state index < -0.39 is 10.0 Å². The van der Waals surface area contributed by atoms with E-state index in [-0.39, 0.29) is 16.4 Å². The maximum absolute atomic E-state index is 13.4. The van der Waals surface area contributed by atoms with Gasteiger partial charge in [0.25, 0.3) is 5.91 Å². The first kappa shape index (κ1) is 23.3. The molecule has 0 aliphatic carbocycles. The van der Waals surface area contributed by atoms with Crippen molar-refractivity contribution in [3.63, 3.8) is 0 Å². The molecule has 2 aliphatic heterocycles. The van der Waals surface area contributed by atoms with Crippen LogP contribution in [0.5, 0.6) is 11.5 Å². The van der Waals surface area contributed by atoms with Gasteiger partial charge in [-0.2, -0.15) is 4.31 Å². The lowest BCUT2D eigenvalue weighted by atomic mass is 10.1. The smallest absolute Gasteiger partial charge is 0.257 e. The van der Waals surface area contributed by atoms with E-state index in [9.17, 15) is 13.2 Å². The first-order chi connectivity index (χ1) is 15.9. The fourth-order valence-corrected chi connectivity index (χ4v) is 5.53. The molecule has 2 fully saturated rings. The number of hydrogen-bond donors (Lipinski definition) is 0. The normalized spacial score (nSPS) is 17.6. The third-order valence-corrected chi connectivity index (χ3v) is 7.91. The summed E-state index contributed by atoms with van der Waals surface area (Å²) in [7, 11) is -0.661. The molecule has 0 aromatic heterocycles. The number of carbonyl (C=O) groups is 1. The molecule has 9 nitrogen and oxygen atoms in total. The lowest BCUT2D eigenvalue weighted by Gasteiger charge is -2.35. The molecule has 2 aliphatic rings. The Morgan fingerprint density at radius 3 is 2.15 bits per heavy atom. The predicted molar refractivity (Wildman–Crippen MR) is 124 cm³/mol. The molecule has 0 radical (unpaired) electrons. The summed E-state index contributed by atoms with van der Waals surface area (Å²) in [6.07, 6.45) is 0. The quantitative estimate of drug-likeness (QED) is 0.628. The van der Waals surface area contributed by atoms with Gasteiger partial charge in [-0.1, -0.05) is 0 Å². The van der Waals surface area contributed by atoms with Gasteiger partial charge in [0.15, 0.2) is 0 Å². The Hall–Kier alpha value is -2.82. The molecule has 1 amide bonds. The van der Waals surface area contributed by atoms with Crippen LogP contribution >= 0.6 is 0 Å². The van der Waals surface area contributed by atoms with Crippen LogP contribution < -0.4 is 14.4 Å². The molecule has 2 aromatic rings. The zero-order chi connectivity index (χ0) is 23.4. The molecule has 0 spiro atoms. The summed E-state index contributed by atoms with van der Waals surface area (Å²) in [5.74, 6) is 0.883. The monoisotopic (exact) mass is 475 g/mol. The van der Waals surface area contributed by atoms with Crippen molar-refractivity contribution in [3.8, 4) is 11.5 Å². The molecular formula is C23H29N3O6S. The molecule has 0 saturated carbocycles. The van der Waals surface area contributed by atoms with E-state index in [2.05, 4.69) is 4.90 Å². The van der Waals surface area contributed by atoms with Gasteiger partial charge in [-0.15, -0.1) is 0 Å². The van der Waals surface area contributed by atoms with Crippen molar-refractivity contribution in [1.82, 2.24) is 9.21 Å². The second-order valence-electron chi connectivity index (χ2n) is 7.86. The second kappa shape index (κ2) is 9.98. The maximum Gasteiger partial charge on any atom is 0.257 e. The summed E-state index contributed by atoms with van der Waals surface area (Å²) >= 11 is 0. The Morgan fingerprint density at radius 1 is 0.879 bits per heavy atom. The number of benzene rings is 2. The Balaban J connectivity index is 1.50. The van der Waals surface area contributed by atoms with E-state index in [1.165, 1.54) is 23.5 Å². The van der Waals surface area contributed by atoms with Gasteiger partial charge in [-0.25, -0.2) is 8.42 Å². The third kappa shape index (κ3) is 4.92. The van der Waals surface area contributed by atoms with Crippen LogP contribution in [-0.4, -0.2) is 90.2 Å². The molecule has 0 atom stereocenters. The van der Waals surface area contributed by atoms with Crippen molar-refractivity contribution in [2.24, 2.45) is 0 Å². The molecule has 2 heterocycles. The van der Waals surface area contributed by atoms with Crippen molar-refractivity contribution in [2.75, 3.05) is 71.6 Å². The summed E-state index contributed by atoms with van der Waals surface area (Å²) in [6, 6.07) is 12.2. The van der Waals surface area contributed by atoms with Crippen molar-refractivity contribution in [2.45, 2.75) is 4.90 Å². The van der Waals surface area contributed by atoms with Gasteiger partial charge in [-0.3, -0.25) is 4.79 Å². The highest BCUT2D eigenvalue weighted by molar-refractivity contribution is 7.89. The zero-order valence-corrected chi connectivity index (χ0v) is 19.7. The van der Waals surface area contributed by atoms with Crippen LogP contribution in [0.2, 0.25) is 0 Å². The number of sulfonamides is 1. The van der Waals surface area contributed by atoms with Gasteiger partial charge in [0.05, 0.1) is 37.9 Å². The highest BCUT2D eigenvalue weighted by atomic mass is 32.2. The highest BCUT2D eigenvalue weighted by Crippen LogP contribution is 2.28. The molecule has 178 valence electrons. The molecular weight excluding hydrogens is 446 g/mol. The Labute approximate surface area is 194 Å². The SMILES string of the molecule is COc1ccc(N2CCN(S(=O)(=O)c3ccc(OC)c(C(=O)N4CCOCC4)c3)CC2)cc1. The number of carbonyl (C=O) groups excluding carboxylic acids is 1. The standard InChI is InChI=1S/C23H29N3O6S/c1-30-19-5-3-18(4-6-19)24-9-11-26(12-10-24)33(28,29)20-7-8-22(31-2)21(17-20)23(27)25-13-15-32-16-14-25/h3-8,17H,9-16H2,1-2H3. The predicted octanol–water partition coefficient (Wildman–Crippen LogP) is 1.69. The van der Waals surface area contributed by atoms with E-state index >= 15 is 0 Å². The maximum atomic E-state index is 13.4. The van der Waals surface area contributed by atoms with E-state index in [1.807, 2.05) is 24.3 Å². The van der Waals surface area contributed by atoms with Crippen molar-refractivity contribution < 1.29 is 27.4 Å². The van der Waals surface area contributed by atoms with Crippen LogP contribution in [0.25, 0.3) is 0 Å². The molecule has 2 saturated heterocycles. The van der Waals surface area contributed by atoms with Crippen LogP contribution in [0.15, 0.2) is 47.4 Å². The zero-order valence-electron chi connectivity index (χ0n) is 18.9. The lowest BCUT2D eigenvalue weighted by molar-refractivity contribution is 0.0300. The summed E-state index contributed by atoms with van der Waals surface area (Å²) < 4.78 is 44.1. The van der Waals surface area contributed by atoms with Crippen LogP contribution in [0.1, 0.15) is 10.4 Å². The minimum absolute atomic E-state index is 0.0952. The number of rotatable bonds is 6. The number of hydrogen-bond acceptors (Lipinski definition) is 7. The van der Waals surface area contributed by atoms with Crippen molar-refractivity contribution >= 4 is 21.6 Å². The number of amides is 1. The average Bonchev–Trinajstić information content (AvgIpc) is 2.88. The number of piperazine rings is 1. The average molecular weight is 476 g/mol. The number of methoxy groups -OCH3 is 2. The number of nitrogens with zero attached hydrogens (tertiary/aromatic N) is 3. The minimum atomic E-state index is -3.75. The fraction of sp³-hybridized carbons (Fsp3) is 0.435. The Bertz CT molecular complexity index is 1080. The summed E-state index contributed by atoms with van der Waals surface area (Å²) in [4.78, 5) is 16.9. The topological polar surface area (TPSA) is 88.6 Å². The molecule has 33 heavy (non-hydrogen) atoms. The van der Waals surface area contributed by atoms with Gasteiger partial charge in [0, 0.05) is 45.0 Å². The first-order valence-corrected chi connectivity index (χ1v) is 12.3. The number of anilines is 1. The Kier molecular flexibility index (Phi) is 7.06. The van der Waals surface area contributed by atoms with E-state index in [1.54, 1.807) is 18.1 Å². The largest absolute Gasteiger partial charge is 0.497 e. The van der Waals surface area contributed by atoms with Crippen molar-refractivity contribution in [3.05, 3.63) is 48.0 Å². The van der Waals surface area contributed by atoms with Gasteiger partial charge < -0.3 is 24.0 Å². The molecule has 0 N–H and O–H groups in total. The fourth-order valence-electron chi connectivity index (χ4n) is 4.08. The Morgan fingerprint density at radius 2 is 1.55 bits per heavy atom. The molecule has 0 bridgehead atoms. The van der Waals surface area contributed by atoms with Crippen molar-refractivity contribution in [1.29, 1.82) is 0 Å². The first-order valence-electron chi connectivity index (χ1n) is 10.9. The number of ether oxygens (including phenoxy) is 3. The molecule has 10 heteroatoms.